The third-order valence-electron chi connectivity index (χ3n) is 13.3. The highest BCUT2D eigenvalue weighted by molar-refractivity contribution is 8.00. The molecular weight excluding hydrogens is 789 g/mol. The van der Waals surface area contributed by atoms with Crippen LogP contribution in [0.1, 0.15) is 53.3 Å². The molecule has 0 radical (unpaired) electrons. The first-order chi connectivity index (χ1) is 31.2. The van der Waals surface area contributed by atoms with E-state index in [9.17, 15) is 0 Å². The van der Waals surface area contributed by atoms with E-state index in [2.05, 4.69) is 175 Å². The van der Waals surface area contributed by atoms with E-state index in [-0.39, 0.29) is 17.2 Å². The molecule has 0 saturated heterocycles. The lowest BCUT2D eigenvalue weighted by atomic mass is 9.82. The normalized spacial score (nSPS) is 19.6. The van der Waals surface area contributed by atoms with Crippen LogP contribution in [0.15, 0.2) is 197 Å². The first-order valence-corrected chi connectivity index (χ1v) is 22.8. The van der Waals surface area contributed by atoms with Gasteiger partial charge in [0.25, 0.3) is 0 Å². The Morgan fingerprint density at radius 1 is 0.619 bits per heavy atom. The summed E-state index contributed by atoms with van der Waals surface area (Å²) in [5.41, 5.74) is 16.3. The Morgan fingerprint density at radius 2 is 1.41 bits per heavy atom. The molecule has 3 atom stereocenters. The van der Waals surface area contributed by atoms with Crippen molar-refractivity contribution in [2.75, 3.05) is 4.90 Å². The van der Waals surface area contributed by atoms with Gasteiger partial charge in [0.1, 0.15) is 11.2 Å². The number of aromatic nitrogens is 3. The van der Waals surface area contributed by atoms with Gasteiger partial charge in [-0.2, -0.15) is 0 Å². The molecule has 0 saturated carbocycles. The van der Waals surface area contributed by atoms with Gasteiger partial charge in [-0.1, -0.05) is 127 Å². The number of hydrogen-bond acceptors (Lipinski definition) is 6. The van der Waals surface area contributed by atoms with Crippen molar-refractivity contribution in [2.24, 2.45) is 0 Å². The van der Waals surface area contributed by atoms with Crippen LogP contribution in [-0.2, 0) is 0 Å². The molecular formula is C57H40N4OS. The van der Waals surface area contributed by atoms with Crippen molar-refractivity contribution in [3.63, 3.8) is 0 Å². The molecule has 0 spiro atoms. The smallest absolute Gasteiger partial charge is 0.164 e. The molecule has 6 heteroatoms. The van der Waals surface area contributed by atoms with Crippen LogP contribution in [-0.4, -0.2) is 26.2 Å². The first kappa shape index (κ1) is 36.4. The van der Waals surface area contributed by atoms with E-state index in [0.29, 0.717) is 17.5 Å². The number of benzene rings is 6. The Bertz CT molecular complexity index is 3370. The highest BCUT2D eigenvalue weighted by atomic mass is 32.2. The van der Waals surface area contributed by atoms with Crippen molar-refractivity contribution in [3.8, 4) is 22.8 Å². The van der Waals surface area contributed by atoms with E-state index in [1.54, 1.807) is 0 Å². The van der Waals surface area contributed by atoms with Gasteiger partial charge < -0.3 is 9.32 Å². The number of rotatable bonds is 6. The van der Waals surface area contributed by atoms with Crippen molar-refractivity contribution in [2.45, 2.75) is 41.4 Å². The Balaban J connectivity index is 0.876. The number of furan rings is 1. The summed E-state index contributed by atoms with van der Waals surface area (Å²) >= 11 is 1.93. The van der Waals surface area contributed by atoms with Gasteiger partial charge in [-0.25, -0.2) is 15.0 Å². The van der Waals surface area contributed by atoms with Crippen LogP contribution >= 0.6 is 11.8 Å². The molecule has 0 N–H and O–H groups in total. The second-order valence-corrected chi connectivity index (χ2v) is 18.1. The van der Waals surface area contributed by atoms with E-state index in [1.807, 2.05) is 30.0 Å². The highest BCUT2D eigenvalue weighted by Crippen LogP contribution is 2.54. The Hall–Kier alpha value is -7.28. The van der Waals surface area contributed by atoms with Crippen LogP contribution in [0.25, 0.3) is 67.0 Å². The fourth-order valence-electron chi connectivity index (χ4n) is 10.3. The average molecular weight is 829 g/mol. The number of hydrogen-bond donors (Lipinski definition) is 0. The third-order valence-corrected chi connectivity index (χ3v) is 14.6. The summed E-state index contributed by atoms with van der Waals surface area (Å²) in [6, 6.07) is 50.2. The van der Waals surface area contributed by atoms with E-state index < -0.39 is 0 Å². The van der Waals surface area contributed by atoms with Crippen LogP contribution in [0.5, 0.6) is 0 Å². The topological polar surface area (TPSA) is 55.1 Å². The Labute approximate surface area is 370 Å². The summed E-state index contributed by atoms with van der Waals surface area (Å²) in [5.74, 6) is 2.07. The van der Waals surface area contributed by atoms with Crippen LogP contribution in [0, 0.1) is 0 Å². The third kappa shape index (κ3) is 6.11. The molecule has 13 rings (SSSR count). The molecule has 63 heavy (non-hydrogen) atoms. The maximum Gasteiger partial charge on any atom is 0.164 e. The van der Waals surface area contributed by atoms with Crippen molar-refractivity contribution >= 4 is 67.4 Å². The summed E-state index contributed by atoms with van der Waals surface area (Å²) in [6.45, 7) is 0. The number of anilines is 2. The summed E-state index contributed by atoms with van der Waals surface area (Å²) in [4.78, 5) is 19.5. The van der Waals surface area contributed by atoms with Crippen LogP contribution in [0.4, 0.5) is 11.4 Å². The molecule has 5 aliphatic rings. The fourth-order valence-corrected chi connectivity index (χ4v) is 11.6. The summed E-state index contributed by atoms with van der Waals surface area (Å²) in [7, 11) is 0. The molecule has 8 aromatic rings. The molecule has 2 aromatic heterocycles. The minimum absolute atomic E-state index is 0.0843. The summed E-state index contributed by atoms with van der Waals surface area (Å²) in [6.07, 6.45) is 21.3. The van der Waals surface area contributed by atoms with Gasteiger partial charge in [0, 0.05) is 60.5 Å². The lowest BCUT2D eigenvalue weighted by molar-refractivity contribution is 0.669. The predicted molar refractivity (Wildman–Crippen MR) is 260 cm³/mol. The molecule has 0 bridgehead atoms. The summed E-state index contributed by atoms with van der Waals surface area (Å²) in [5, 5.41) is 2.44. The first-order valence-electron chi connectivity index (χ1n) is 21.9. The van der Waals surface area contributed by atoms with E-state index in [1.165, 1.54) is 55.2 Å². The average Bonchev–Trinajstić information content (AvgIpc) is 4.03. The molecule has 3 aliphatic carbocycles. The van der Waals surface area contributed by atoms with Gasteiger partial charge in [0.05, 0.1) is 6.04 Å². The largest absolute Gasteiger partial charge is 0.456 e. The quantitative estimate of drug-likeness (QED) is 0.166. The minimum Gasteiger partial charge on any atom is -0.456 e. The van der Waals surface area contributed by atoms with Crippen LogP contribution < -0.4 is 4.90 Å². The molecule has 3 unspecified atom stereocenters. The van der Waals surface area contributed by atoms with Crippen LogP contribution in [0.3, 0.4) is 0 Å². The lowest BCUT2D eigenvalue weighted by Gasteiger charge is -2.29. The van der Waals surface area contributed by atoms with Gasteiger partial charge in [0.2, 0.25) is 0 Å². The highest BCUT2D eigenvalue weighted by Gasteiger charge is 2.39. The van der Waals surface area contributed by atoms with Crippen molar-refractivity contribution in [1.82, 2.24) is 15.0 Å². The molecule has 2 aliphatic heterocycles. The van der Waals surface area contributed by atoms with Crippen molar-refractivity contribution < 1.29 is 4.42 Å². The molecule has 5 nitrogen and oxygen atoms in total. The molecule has 6 aromatic carbocycles. The fraction of sp³-hybridized carbons (Fsp3) is 0.105. The Morgan fingerprint density at radius 3 is 2.29 bits per heavy atom. The lowest BCUT2D eigenvalue weighted by Crippen LogP contribution is -2.27. The zero-order valence-electron chi connectivity index (χ0n) is 34.4. The van der Waals surface area contributed by atoms with Gasteiger partial charge in [-0.3, -0.25) is 0 Å². The van der Waals surface area contributed by atoms with E-state index in [0.717, 1.165) is 57.9 Å². The molecule has 300 valence electrons. The van der Waals surface area contributed by atoms with E-state index >= 15 is 0 Å². The monoisotopic (exact) mass is 828 g/mol. The second-order valence-electron chi connectivity index (χ2n) is 16.9. The number of nitrogens with zero attached hydrogens (tertiary/aromatic N) is 4. The zero-order valence-corrected chi connectivity index (χ0v) is 35.2. The summed E-state index contributed by atoms with van der Waals surface area (Å²) < 4.78 is 6.50. The maximum atomic E-state index is 6.50. The standard InChI is InChI=1S/C57H40N4OS/c1-4-13-35(14-5-1)37-25-29-50-46(32-37)43-27-23-40(34-51(43)62-50)56-58-55(36-15-6-2-7-16-36)59-57(60-56)44-20-12-22-53-54(44)47-33-39(26-30-52(47)63-53)38-24-28-49-45(31-38)42-19-10-11-21-48(42)61(49)41-17-8-3-9-18-41/h1-4,6-13,15-27,29-34,49,53-54H,5,14,28H2. The van der Waals surface area contributed by atoms with Gasteiger partial charge in [-0.15, -0.1) is 11.8 Å². The van der Waals surface area contributed by atoms with Gasteiger partial charge in [0.15, 0.2) is 17.5 Å². The molecule has 4 heterocycles. The van der Waals surface area contributed by atoms with Gasteiger partial charge in [-0.05, 0) is 113 Å². The number of para-hydroxylation sites is 2. The Kier molecular flexibility index (Phi) is 8.48. The zero-order chi connectivity index (χ0) is 41.4. The predicted octanol–water partition coefficient (Wildman–Crippen LogP) is 14.4. The van der Waals surface area contributed by atoms with Gasteiger partial charge >= 0.3 is 0 Å². The van der Waals surface area contributed by atoms with Crippen molar-refractivity contribution in [3.05, 3.63) is 216 Å². The minimum atomic E-state index is 0.0843. The second kappa shape index (κ2) is 14.7. The SMILES string of the molecule is C1=CCCC(c2ccc3oc4cc(-c5nc(C6=CC=CC7Sc8ccc(C9=CCC%10C(=C9)c9ccccc9N%10c9ccccc9)cc8C67)nc(-c6ccccc6)n5)ccc4c3c2)=C1. The molecule has 0 fully saturated rings. The van der Waals surface area contributed by atoms with Crippen molar-refractivity contribution in [1.29, 1.82) is 0 Å². The maximum absolute atomic E-state index is 6.50. The number of fused-ring (bicyclic) bond motifs is 9. The number of allylic oxidation sites excluding steroid dienone is 9. The van der Waals surface area contributed by atoms with E-state index in [4.69, 9.17) is 19.4 Å². The number of thioether (sulfide) groups is 1. The molecule has 0 amide bonds. The van der Waals surface area contributed by atoms with Crippen LogP contribution in [0.2, 0.25) is 0 Å².